The lowest BCUT2D eigenvalue weighted by molar-refractivity contribution is -0.131. The van der Waals surface area contributed by atoms with Gasteiger partial charge < -0.3 is 20.1 Å². The summed E-state index contributed by atoms with van der Waals surface area (Å²) in [5.74, 6) is -0.00562. The molecule has 34 heavy (non-hydrogen) atoms. The number of carbonyl (C=O) groups excluding carboxylic acids is 1. The fourth-order valence-corrected chi connectivity index (χ4v) is 3.78. The fraction of sp³-hybridized carbons (Fsp3) is 0.0800. The van der Waals surface area contributed by atoms with Gasteiger partial charge in [-0.05, 0) is 24.3 Å². The van der Waals surface area contributed by atoms with Crippen molar-refractivity contribution in [3.8, 4) is 16.9 Å². The van der Waals surface area contributed by atoms with Gasteiger partial charge in [0.25, 0.3) is 5.91 Å². The number of nitrogens with one attached hydrogen (secondary N) is 2. The van der Waals surface area contributed by atoms with Crippen LogP contribution in [0.15, 0.2) is 85.6 Å². The van der Waals surface area contributed by atoms with Crippen LogP contribution >= 0.6 is 0 Å². The van der Waals surface area contributed by atoms with Gasteiger partial charge in [0.05, 0.1) is 30.7 Å². The zero-order valence-electron chi connectivity index (χ0n) is 18.1. The zero-order valence-corrected chi connectivity index (χ0v) is 18.1. The van der Waals surface area contributed by atoms with Crippen molar-refractivity contribution in [3.63, 3.8) is 0 Å². The minimum Gasteiger partial charge on any atom is -0.497 e. The van der Waals surface area contributed by atoms with Crippen molar-refractivity contribution >= 4 is 22.5 Å². The summed E-state index contributed by atoms with van der Waals surface area (Å²) in [5, 5.41) is 23.5. The fourth-order valence-electron chi connectivity index (χ4n) is 3.78. The number of carbonyl (C=O) groups is 1. The van der Waals surface area contributed by atoms with E-state index in [4.69, 9.17) is 4.74 Å². The Bertz CT molecular complexity index is 1450. The number of H-pyrrole nitrogens is 1. The Morgan fingerprint density at radius 1 is 1.09 bits per heavy atom. The minimum absolute atomic E-state index is 0.0867. The first-order valence-electron chi connectivity index (χ1n) is 10.4. The van der Waals surface area contributed by atoms with Gasteiger partial charge in [0, 0.05) is 40.7 Å². The number of aromatic amines is 1. The largest absolute Gasteiger partial charge is 0.497 e. The molecule has 0 aliphatic heterocycles. The predicted octanol–water partition coefficient (Wildman–Crippen LogP) is 3.30. The molecule has 0 spiro atoms. The molecule has 9 heteroatoms. The van der Waals surface area contributed by atoms with E-state index in [-0.39, 0.29) is 5.82 Å². The summed E-state index contributed by atoms with van der Waals surface area (Å²) >= 11 is 0. The molecule has 3 aromatic heterocycles. The number of aliphatic hydroxyl groups is 1. The van der Waals surface area contributed by atoms with Gasteiger partial charge in [-0.15, -0.1) is 0 Å². The van der Waals surface area contributed by atoms with Crippen LogP contribution in [0.3, 0.4) is 0 Å². The zero-order chi connectivity index (χ0) is 23.5. The number of rotatable bonds is 6. The highest BCUT2D eigenvalue weighted by Gasteiger charge is 2.42. The lowest BCUT2D eigenvalue weighted by atomic mass is 9.91. The average molecular weight is 452 g/mol. The second-order valence-corrected chi connectivity index (χ2v) is 7.57. The number of aromatic nitrogens is 5. The number of fused-ring (bicyclic) bond motifs is 1. The van der Waals surface area contributed by atoms with Gasteiger partial charge in [-0.1, -0.05) is 30.3 Å². The van der Waals surface area contributed by atoms with Crippen molar-refractivity contribution in [2.24, 2.45) is 0 Å². The Balaban J connectivity index is 1.51. The molecule has 0 radical (unpaired) electrons. The number of benzene rings is 2. The number of amides is 1. The van der Waals surface area contributed by atoms with E-state index in [9.17, 15) is 9.90 Å². The first-order chi connectivity index (χ1) is 16.6. The number of methoxy groups -OCH3 is 1. The monoisotopic (exact) mass is 452 g/mol. The van der Waals surface area contributed by atoms with E-state index < -0.39 is 11.5 Å². The molecule has 5 aromatic rings. The molecule has 2 aromatic carbocycles. The third-order valence-corrected chi connectivity index (χ3v) is 5.53. The van der Waals surface area contributed by atoms with E-state index >= 15 is 0 Å². The standard InChI is InChI=1S/C25H20N6O3/c1-34-19-8-6-17(7-9-19)25(33,23-27-10-11-28-23)24(32)30-18-12-16(13-26-14-18)21-15-29-31-22-5-3-2-4-20(21)22/h2-15,33H,1H3,(H,27,28)(H,30,32)/t25-/m1/s1. The van der Waals surface area contributed by atoms with Gasteiger partial charge >= 0.3 is 0 Å². The number of imidazole rings is 1. The molecule has 0 unspecified atom stereocenters. The van der Waals surface area contributed by atoms with Crippen LogP contribution in [0.5, 0.6) is 5.75 Å². The van der Waals surface area contributed by atoms with Gasteiger partial charge in [-0.3, -0.25) is 9.78 Å². The van der Waals surface area contributed by atoms with Gasteiger partial charge in [0.2, 0.25) is 5.60 Å². The molecule has 168 valence electrons. The van der Waals surface area contributed by atoms with E-state index in [1.54, 1.807) is 56.0 Å². The predicted molar refractivity (Wildman–Crippen MR) is 126 cm³/mol. The molecule has 0 bridgehead atoms. The molecule has 1 atom stereocenters. The Labute approximate surface area is 194 Å². The van der Waals surface area contributed by atoms with Crippen molar-refractivity contribution in [2.75, 3.05) is 12.4 Å². The van der Waals surface area contributed by atoms with Gasteiger partial charge in [-0.25, -0.2) is 4.98 Å². The number of pyridine rings is 1. The van der Waals surface area contributed by atoms with Crippen LogP contribution in [-0.4, -0.2) is 43.3 Å². The number of hydrogen-bond donors (Lipinski definition) is 3. The summed E-state index contributed by atoms with van der Waals surface area (Å²) in [6.45, 7) is 0. The Hall–Kier alpha value is -4.63. The number of hydrogen-bond acceptors (Lipinski definition) is 7. The molecule has 0 aliphatic rings. The molecule has 0 aliphatic carbocycles. The number of anilines is 1. The van der Waals surface area contributed by atoms with Crippen LogP contribution in [0, 0.1) is 0 Å². The first kappa shape index (κ1) is 21.2. The summed E-state index contributed by atoms with van der Waals surface area (Å²) in [5.41, 5.74) is 0.981. The van der Waals surface area contributed by atoms with Crippen LogP contribution in [-0.2, 0) is 10.4 Å². The van der Waals surface area contributed by atoms with Gasteiger partial charge in [-0.2, -0.15) is 10.2 Å². The molecule has 0 saturated carbocycles. The van der Waals surface area contributed by atoms with Crippen molar-refractivity contribution in [1.29, 1.82) is 0 Å². The second-order valence-electron chi connectivity index (χ2n) is 7.57. The van der Waals surface area contributed by atoms with Crippen molar-refractivity contribution in [1.82, 2.24) is 25.1 Å². The van der Waals surface area contributed by atoms with Crippen LogP contribution in [0.25, 0.3) is 22.0 Å². The maximum absolute atomic E-state index is 13.4. The molecule has 0 fully saturated rings. The topological polar surface area (TPSA) is 126 Å². The third kappa shape index (κ3) is 3.74. The van der Waals surface area contributed by atoms with Crippen LogP contribution in [0.2, 0.25) is 0 Å². The summed E-state index contributed by atoms with van der Waals surface area (Å²) in [4.78, 5) is 24.7. The highest BCUT2D eigenvalue weighted by atomic mass is 16.5. The molecular weight excluding hydrogens is 432 g/mol. The number of ether oxygens (including phenoxy) is 1. The van der Waals surface area contributed by atoms with Gasteiger partial charge in [0.15, 0.2) is 5.82 Å². The van der Waals surface area contributed by atoms with Crippen LogP contribution in [0.4, 0.5) is 5.69 Å². The Morgan fingerprint density at radius 2 is 1.91 bits per heavy atom. The van der Waals surface area contributed by atoms with Crippen molar-refractivity contribution in [2.45, 2.75) is 5.60 Å². The van der Waals surface area contributed by atoms with Gasteiger partial charge in [0.1, 0.15) is 5.75 Å². The molecule has 5 rings (SSSR count). The van der Waals surface area contributed by atoms with Crippen molar-refractivity contribution in [3.05, 3.63) is 97.0 Å². The van der Waals surface area contributed by atoms with E-state index in [0.717, 1.165) is 22.0 Å². The lowest BCUT2D eigenvalue weighted by Gasteiger charge is -2.25. The normalized spacial score (nSPS) is 12.8. The van der Waals surface area contributed by atoms with E-state index in [1.807, 2.05) is 24.3 Å². The smallest absolute Gasteiger partial charge is 0.269 e. The SMILES string of the molecule is COc1ccc([C@](O)(C(=O)Nc2cncc(-c3cnnc4ccccc34)c2)c2ncc[nH]2)cc1. The molecule has 0 saturated heterocycles. The van der Waals surface area contributed by atoms with E-state index in [0.29, 0.717) is 17.0 Å². The first-order valence-corrected chi connectivity index (χ1v) is 10.4. The lowest BCUT2D eigenvalue weighted by Crippen LogP contribution is -2.42. The summed E-state index contributed by atoms with van der Waals surface area (Å²) < 4.78 is 5.19. The quantitative estimate of drug-likeness (QED) is 0.361. The van der Waals surface area contributed by atoms with Crippen LogP contribution in [0.1, 0.15) is 11.4 Å². The van der Waals surface area contributed by atoms with Crippen LogP contribution < -0.4 is 10.1 Å². The third-order valence-electron chi connectivity index (χ3n) is 5.53. The number of nitrogens with zero attached hydrogens (tertiary/aromatic N) is 4. The maximum atomic E-state index is 13.4. The molecular formula is C25H20N6O3. The highest BCUT2D eigenvalue weighted by Crippen LogP contribution is 2.32. The molecule has 3 heterocycles. The highest BCUT2D eigenvalue weighted by molar-refractivity contribution is 6.00. The molecule has 3 N–H and O–H groups in total. The Morgan fingerprint density at radius 3 is 2.68 bits per heavy atom. The molecule has 9 nitrogen and oxygen atoms in total. The van der Waals surface area contributed by atoms with Crippen molar-refractivity contribution < 1.29 is 14.6 Å². The van der Waals surface area contributed by atoms with E-state index in [1.165, 1.54) is 12.4 Å². The summed E-state index contributed by atoms with van der Waals surface area (Å²) in [6.07, 6.45) is 7.86. The minimum atomic E-state index is -2.07. The summed E-state index contributed by atoms with van der Waals surface area (Å²) in [6, 6.07) is 16.0. The second kappa shape index (κ2) is 8.72. The summed E-state index contributed by atoms with van der Waals surface area (Å²) in [7, 11) is 1.54. The maximum Gasteiger partial charge on any atom is 0.269 e. The molecule has 1 amide bonds. The van der Waals surface area contributed by atoms with E-state index in [2.05, 4.69) is 30.5 Å². The average Bonchev–Trinajstić information content (AvgIpc) is 3.44. The Kier molecular flexibility index (Phi) is 5.44.